The molecule has 0 N–H and O–H groups in total. The van der Waals surface area contributed by atoms with Crippen molar-refractivity contribution in [1.29, 1.82) is 0 Å². The summed E-state index contributed by atoms with van der Waals surface area (Å²) in [7, 11) is 0. The minimum Gasteiger partial charge on any atom is -0.208 e. The Morgan fingerprint density at radius 2 is 0.439 bits per heavy atom. The second-order valence-corrected chi connectivity index (χ2v) is 35.7. The summed E-state index contributed by atoms with van der Waals surface area (Å²) in [5, 5.41) is 29.4. The van der Waals surface area contributed by atoms with Crippen LogP contribution in [0.5, 0.6) is 0 Å². The molecule has 0 spiro atoms. The van der Waals surface area contributed by atoms with E-state index in [1.54, 1.807) is 11.3 Å². The van der Waals surface area contributed by atoms with E-state index < -0.39 is 0 Å². The summed E-state index contributed by atoms with van der Waals surface area (Å²) in [6, 6.07) is 152. The predicted molar refractivity (Wildman–Crippen MR) is 551 cm³/mol. The molecular weight excluding hydrogens is 1620 g/mol. The van der Waals surface area contributed by atoms with Gasteiger partial charge in [-0.25, -0.2) is 44.9 Å². The highest BCUT2D eigenvalue weighted by Crippen LogP contribution is 2.51. The number of benzene rings is 22. The van der Waals surface area contributed by atoms with Gasteiger partial charge in [0.05, 0.1) is 0 Å². The maximum atomic E-state index is 5.14. The summed E-state index contributed by atoms with van der Waals surface area (Å²) in [6.45, 7) is 4.61. The summed E-state index contributed by atoms with van der Waals surface area (Å²) in [5.41, 5.74) is 13.9. The average Bonchev–Trinajstić information content (AvgIpc) is 1.51. The highest BCUT2D eigenvalue weighted by Gasteiger charge is 2.36. The van der Waals surface area contributed by atoms with E-state index >= 15 is 0 Å². The minimum absolute atomic E-state index is 0.106. The van der Waals surface area contributed by atoms with Crippen LogP contribution in [-0.2, 0) is 5.41 Å². The molecule has 27 rings (SSSR count). The van der Waals surface area contributed by atoms with Crippen molar-refractivity contribution in [3.63, 3.8) is 0 Å². The van der Waals surface area contributed by atoms with Gasteiger partial charge in [0.1, 0.15) is 0 Å². The third-order valence-corrected chi connectivity index (χ3v) is 27.6. The van der Waals surface area contributed by atoms with Crippen molar-refractivity contribution in [2.45, 2.75) is 19.3 Å². The van der Waals surface area contributed by atoms with Crippen molar-refractivity contribution in [2.24, 2.45) is 0 Å². The van der Waals surface area contributed by atoms with E-state index in [2.05, 4.69) is 408 Å². The van der Waals surface area contributed by atoms with Crippen LogP contribution in [0.25, 0.3) is 252 Å². The van der Waals surface area contributed by atoms with Crippen LogP contribution in [0.2, 0.25) is 0 Å². The van der Waals surface area contributed by atoms with Crippen molar-refractivity contribution in [2.75, 3.05) is 0 Å². The third-order valence-electron chi connectivity index (χ3n) is 26.4. The number of fused-ring (bicyclic) bond motifs is 23. The number of thiophene rings is 1. The third kappa shape index (κ3) is 13.7. The minimum atomic E-state index is -0.106. The first-order valence-electron chi connectivity index (χ1n) is 44.7. The van der Waals surface area contributed by atoms with Crippen molar-refractivity contribution < 1.29 is 0 Å². The van der Waals surface area contributed by atoms with Crippen molar-refractivity contribution in [3.05, 3.63) is 442 Å². The zero-order chi connectivity index (χ0) is 87.5. The average molecular weight is 1700 g/mol. The van der Waals surface area contributed by atoms with E-state index in [1.165, 1.54) is 134 Å². The van der Waals surface area contributed by atoms with E-state index in [0.717, 1.165) is 77.0 Å². The molecule has 0 bridgehead atoms. The highest BCUT2D eigenvalue weighted by atomic mass is 32.1. The Kier molecular flexibility index (Phi) is 18.6. The van der Waals surface area contributed by atoms with E-state index in [4.69, 9.17) is 44.9 Å². The Bertz CT molecular complexity index is 9130. The van der Waals surface area contributed by atoms with Gasteiger partial charge >= 0.3 is 0 Å². The van der Waals surface area contributed by atoms with Crippen LogP contribution in [0.3, 0.4) is 0 Å². The number of hydrogen-bond donors (Lipinski definition) is 0. The zero-order valence-corrected chi connectivity index (χ0v) is 72.7. The number of aromatic nitrogens is 9. The molecule has 0 fully saturated rings. The summed E-state index contributed by atoms with van der Waals surface area (Å²) >= 11 is 1.80. The van der Waals surface area contributed by atoms with Crippen molar-refractivity contribution in [3.8, 4) is 114 Å². The van der Waals surface area contributed by atoms with E-state index in [9.17, 15) is 0 Å². The second kappa shape index (κ2) is 31.8. The van der Waals surface area contributed by atoms with Crippen LogP contribution in [0, 0.1) is 0 Å². The van der Waals surface area contributed by atoms with Crippen LogP contribution >= 0.6 is 11.3 Å². The fraction of sp³-hybridized carbons (Fsp3) is 0.0246. The van der Waals surface area contributed by atoms with Gasteiger partial charge in [0, 0.05) is 75.7 Å². The maximum absolute atomic E-state index is 5.14. The molecule has 0 aliphatic heterocycles. The van der Waals surface area contributed by atoms with Gasteiger partial charge in [0.2, 0.25) is 0 Å². The normalized spacial score (nSPS) is 12.2. The molecule has 0 unspecified atom stereocenters. The molecule has 26 aromatic rings. The lowest BCUT2D eigenvalue weighted by molar-refractivity contribution is 0.660. The van der Waals surface area contributed by atoms with E-state index in [-0.39, 0.29) is 5.41 Å². The predicted octanol–water partition coefficient (Wildman–Crippen LogP) is 32.0. The molecule has 10 heteroatoms. The van der Waals surface area contributed by atoms with Crippen LogP contribution in [0.15, 0.2) is 431 Å². The Labute approximate surface area is 764 Å². The quantitative estimate of drug-likeness (QED) is 0.130. The van der Waals surface area contributed by atoms with Gasteiger partial charge in [-0.05, 0) is 189 Å². The lowest BCUT2D eigenvalue weighted by Gasteiger charge is -2.21. The fourth-order valence-electron chi connectivity index (χ4n) is 19.8. The van der Waals surface area contributed by atoms with Gasteiger partial charge in [-0.1, -0.05) is 396 Å². The first-order valence-corrected chi connectivity index (χ1v) is 45.5. The molecule has 0 radical (unpaired) electrons. The SMILES string of the molecule is CC1(C)c2ccccc2-c2ccc(-c3nc(-c4ccccc4)nc(-c4ccc5c(ccc6ccc7ccccc7c65)c4)n3)cc21.c1ccc(-c2nc(-c3ccc4c(ccc5ccc6ccccc6c54)c3)nc(-c3cccc4sc5ccccc5c34)n2)cc1.c1ccc2cc(-c3nc(-c4ccc5ccccc5c4)nc(-c4ccc5c(ccc6ccc7ccccc7c65)c4)n3)ccc2c1. The molecule has 616 valence electrons. The van der Waals surface area contributed by atoms with Gasteiger partial charge in [0.15, 0.2) is 52.4 Å². The molecule has 22 aromatic carbocycles. The monoisotopic (exact) mass is 1700 g/mol. The van der Waals surface area contributed by atoms with Crippen LogP contribution < -0.4 is 0 Å². The summed E-state index contributed by atoms with van der Waals surface area (Å²) < 4.78 is 2.49. The summed E-state index contributed by atoms with van der Waals surface area (Å²) in [4.78, 5) is 45.6. The molecule has 0 saturated carbocycles. The van der Waals surface area contributed by atoms with Gasteiger partial charge in [-0.3, -0.25) is 0 Å². The topological polar surface area (TPSA) is 116 Å². The molecule has 4 aromatic heterocycles. The Balaban J connectivity index is 0.000000106. The Hall–Kier alpha value is -17.1. The lowest BCUT2D eigenvalue weighted by Crippen LogP contribution is -2.15. The molecule has 9 nitrogen and oxygen atoms in total. The molecule has 1 aliphatic carbocycles. The van der Waals surface area contributed by atoms with Gasteiger partial charge in [-0.2, -0.15) is 0 Å². The maximum Gasteiger partial charge on any atom is 0.164 e. The zero-order valence-electron chi connectivity index (χ0n) is 71.9. The van der Waals surface area contributed by atoms with Crippen molar-refractivity contribution in [1.82, 2.24) is 44.9 Å². The highest BCUT2D eigenvalue weighted by molar-refractivity contribution is 7.26. The molecular formula is C122H77N9S. The molecule has 0 atom stereocenters. The molecule has 0 amide bonds. The lowest BCUT2D eigenvalue weighted by atomic mass is 9.82. The standard InChI is InChI=1S/C42H29N3.C41H25N3.C39H23N3S/c1-42(2)36-15-9-8-14-34(36)35-23-21-31(25-37(35)42)41-44-39(28-11-4-3-5-12-28)43-40(45-41)30-20-22-33-29(24-30)19-18-27-17-16-26-10-6-7-13-32(26)38(27)33;1-3-10-30-23-33(19-13-26(30)7-1)39-42-40(34-20-14-27-8-2-4-11-31(27)24-34)44-41(43-39)35-21-22-37-32(25-35)18-17-29-16-15-28-9-5-6-12-36(28)38(29)37;1-2-10-26(11-3-1)37-40-38(42-39(41-37)32-14-8-16-34-36(32)31-13-6-7-15-33(31)43-34)28-21-22-30-27(23-28)20-19-25-18-17-24-9-4-5-12-29(24)35(25)30/h3-25H,1-2H3;1-25H;1-23H. The number of hydrogen-bond acceptors (Lipinski definition) is 10. The Morgan fingerprint density at radius 3 is 0.879 bits per heavy atom. The first-order chi connectivity index (χ1) is 65.1. The smallest absolute Gasteiger partial charge is 0.164 e. The van der Waals surface area contributed by atoms with Crippen LogP contribution in [0.1, 0.15) is 25.0 Å². The van der Waals surface area contributed by atoms with Crippen LogP contribution in [-0.4, -0.2) is 44.9 Å². The number of nitrogens with zero attached hydrogens (tertiary/aromatic N) is 9. The molecule has 4 heterocycles. The fourth-order valence-corrected chi connectivity index (χ4v) is 21.0. The first kappa shape index (κ1) is 77.3. The van der Waals surface area contributed by atoms with Gasteiger partial charge in [0.25, 0.3) is 0 Å². The second-order valence-electron chi connectivity index (χ2n) is 34.6. The molecule has 1 aliphatic rings. The molecule has 0 saturated heterocycles. The largest absolute Gasteiger partial charge is 0.208 e. The summed E-state index contributed by atoms with van der Waals surface area (Å²) in [5.74, 6) is 6.01. The molecule has 132 heavy (non-hydrogen) atoms. The van der Waals surface area contributed by atoms with Crippen LogP contribution in [0.4, 0.5) is 0 Å². The van der Waals surface area contributed by atoms with E-state index in [1.807, 2.05) is 36.4 Å². The van der Waals surface area contributed by atoms with E-state index in [0.29, 0.717) is 52.4 Å². The van der Waals surface area contributed by atoms with Gasteiger partial charge < -0.3 is 0 Å². The van der Waals surface area contributed by atoms with Crippen molar-refractivity contribution >= 4 is 150 Å². The number of rotatable bonds is 9. The summed E-state index contributed by atoms with van der Waals surface area (Å²) in [6.07, 6.45) is 0. The van der Waals surface area contributed by atoms with Gasteiger partial charge in [-0.15, -0.1) is 11.3 Å². The Morgan fingerprint density at radius 1 is 0.159 bits per heavy atom.